The first-order chi connectivity index (χ1) is 19.3. The van der Waals surface area contributed by atoms with Gasteiger partial charge in [-0.25, -0.2) is 9.78 Å². The molecule has 0 saturated carbocycles. The van der Waals surface area contributed by atoms with Crippen LogP contribution >= 0.6 is 0 Å². The lowest BCUT2D eigenvalue weighted by Gasteiger charge is -2.24. The molecule has 5 nitrogen and oxygen atoms in total. The van der Waals surface area contributed by atoms with Gasteiger partial charge in [0, 0.05) is 31.4 Å². The highest BCUT2D eigenvalue weighted by molar-refractivity contribution is 5.96. The van der Waals surface area contributed by atoms with Gasteiger partial charge >= 0.3 is 5.97 Å². The van der Waals surface area contributed by atoms with E-state index in [0.717, 1.165) is 68.9 Å². The molecule has 0 radical (unpaired) electrons. The van der Waals surface area contributed by atoms with E-state index in [4.69, 9.17) is 4.98 Å². The van der Waals surface area contributed by atoms with Crippen molar-refractivity contribution in [3.8, 4) is 11.1 Å². The van der Waals surface area contributed by atoms with Crippen molar-refractivity contribution in [1.82, 2.24) is 9.55 Å². The second kappa shape index (κ2) is 11.2. The Hall–Kier alpha value is -4.64. The summed E-state index contributed by atoms with van der Waals surface area (Å²) in [5, 5.41) is 9.61. The molecule has 0 aliphatic heterocycles. The molecule has 0 spiro atoms. The SMILES string of the molecule is C=C(c1cc(C)c2nc(CCC)n(Cc3ccc(-c4ccccc4C(=O)O)cc3)c2c1)N(C)c1ccccc1C. The molecule has 0 unspecified atom stereocenters. The molecular formula is C35H35N3O2. The molecule has 0 atom stereocenters. The number of para-hydroxylation sites is 1. The number of hydrogen-bond acceptors (Lipinski definition) is 3. The minimum atomic E-state index is -0.922. The van der Waals surface area contributed by atoms with Gasteiger partial charge < -0.3 is 14.6 Å². The third kappa shape index (κ3) is 5.15. The van der Waals surface area contributed by atoms with Crippen LogP contribution in [0.15, 0.2) is 91.5 Å². The molecule has 1 aromatic heterocycles. The number of hydrogen-bond donors (Lipinski definition) is 1. The highest BCUT2D eigenvalue weighted by Gasteiger charge is 2.17. The average molecular weight is 530 g/mol. The number of aromatic nitrogens is 2. The van der Waals surface area contributed by atoms with Gasteiger partial charge in [0.05, 0.1) is 16.6 Å². The van der Waals surface area contributed by atoms with Crippen molar-refractivity contribution in [2.75, 3.05) is 11.9 Å². The summed E-state index contributed by atoms with van der Waals surface area (Å²) in [6.45, 7) is 11.5. The summed E-state index contributed by atoms with van der Waals surface area (Å²) in [4.78, 5) is 18.9. The van der Waals surface area contributed by atoms with Gasteiger partial charge in [-0.1, -0.05) is 74.2 Å². The Labute approximate surface area is 236 Å². The molecule has 0 bridgehead atoms. The van der Waals surface area contributed by atoms with E-state index in [-0.39, 0.29) is 0 Å². The third-order valence-corrected chi connectivity index (χ3v) is 7.58. The van der Waals surface area contributed by atoms with Gasteiger partial charge in [-0.2, -0.15) is 0 Å². The van der Waals surface area contributed by atoms with E-state index < -0.39 is 5.97 Å². The predicted octanol–water partition coefficient (Wildman–Crippen LogP) is 8.13. The molecule has 0 aliphatic carbocycles. The summed E-state index contributed by atoms with van der Waals surface area (Å²) < 4.78 is 2.32. The molecule has 5 aromatic rings. The lowest BCUT2D eigenvalue weighted by Crippen LogP contribution is -2.15. The van der Waals surface area contributed by atoms with Crippen molar-refractivity contribution in [2.45, 2.75) is 40.2 Å². The molecule has 4 aromatic carbocycles. The highest BCUT2D eigenvalue weighted by Crippen LogP contribution is 2.31. The number of aryl methyl sites for hydroxylation is 3. The van der Waals surface area contributed by atoms with Crippen molar-refractivity contribution in [3.05, 3.63) is 125 Å². The summed E-state index contributed by atoms with van der Waals surface area (Å²) in [7, 11) is 2.06. The van der Waals surface area contributed by atoms with Crippen LogP contribution in [0.4, 0.5) is 5.69 Å². The fourth-order valence-corrected chi connectivity index (χ4v) is 5.37. The Morgan fingerprint density at radius 1 is 0.950 bits per heavy atom. The minimum Gasteiger partial charge on any atom is -0.478 e. The smallest absolute Gasteiger partial charge is 0.336 e. The number of benzene rings is 4. The topological polar surface area (TPSA) is 58.4 Å². The molecular weight excluding hydrogens is 494 g/mol. The Morgan fingerprint density at radius 2 is 1.65 bits per heavy atom. The monoisotopic (exact) mass is 529 g/mol. The lowest BCUT2D eigenvalue weighted by atomic mass is 9.98. The van der Waals surface area contributed by atoms with Crippen molar-refractivity contribution < 1.29 is 9.90 Å². The molecule has 0 amide bonds. The Morgan fingerprint density at radius 3 is 2.35 bits per heavy atom. The second-order valence-corrected chi connectivity index (χ2v) is 10.4. The zero-order valence-electron chi connectivity index (χ0n) is 23.6. The number of aromatic carboxylic acids is 1. The molecule has 40 heavy (non-hydrogen) atoms. The van der Waals surface area contributed by atoms with Crippen LogP contribution in [0.3, 0.4) is 0 Å². The summed E-state index contributed by atoms with van der Waals surface area (Å²) in [5.74, 6) is 0.144. The minimum absolute atomic E-state index is 0.306. The fourth-order valence-electron chi connectivity index (χ4n) is 5.37. The number of fused-ring (bicyclic) bond motifs is 1. The van der Waals surface area contributed by atoms with E-state index in [9.17, 15) is 9.90 Å². The number of carboxylic acid groups (broad SMARTS) is 1. The summed E-state index contributed by atoms with van der Waals surface area (Å²) >= 11 is 0. The first-order valence-corrected chi connectivity index (χ1v) is 13.7. The van der Waals surface area contributed by atoms with Gasteiger partial charge in [0.1, 0.15) is 5.82 Å². The first kappa shape index (κ1) is 26.9. The number of carboxylic acids is 1. The molecule has 0 saturated heterocycles. The summed E-state index contributed by atoms with van der Waals surface area (Å²) in [6.07, 6.45) is 1.89. The third-order valence-electron chi connectivity index (χ3n) is 7.58. The average Bonchev–Trinajstić information content (AvgIpc) is 3.30. The van der Waals surface area contributed by atoms with E-state index in [1.165, 1.54) is 5.56 Å². The van der Waals surface area contributed by atoms with Crippen LogP contribution in [0.2, 0.25) is 0 Å². The number of rotatable bonds is 9. The van der Waals surface area contributed by atoms with Crippen LogP contribution in [0.1, 0.15) is 51.8 Å². The number of imidazole rings is 1. The Balaban J connectivity index is 1.52. The van der Waals surface area contributed by atoms with Crippen LogP contribution in [0.25, 0.3) is 27.9 Å². The molecule has 1 heterocycles. The highest BCUT2D eigenvalue weighted by atomic mass is 16.4. The van der Waals surface area contributed by atoms with E-state index in [1.807, 2.05) is 24.3 Å². The molecule has 0 fully saturated rings. The van der Waals surface area contributed by atoms with Gasteiger partial charge in [0.2, 0.25) is 0 Å². The van der Waals surface area contributed by atoms with Gasteiger partial charge in [0.15, 0.2) is 0 Å². The van der Waals surface area contributed by atoms with Gasteiger partial charge in [-0.3, -0.25) is 0 Å². The zero-order chi connectivity index (χ0) is 28.4. The lowest BCUT2D eigenvalue weighted by molar-refractivity contribution is 0.0697. The largest absolute Gasteiger partial charge is 0.478 e. The maximum absolute atomic E-state index is 11.7. The van der Waals surface area contributed by atoms with Crippen LogP contribution in [0.5, 0.6) is 0 Å². The van der Waals surface area contributed by atoms with E-state index in [2.05, 4.69) is 92.4 Å². The van der Waals surface area contributed by atoms with Crippen molar-refractivity contribution in [1.29, 1.82) is 0 Å². The van der Waals surface area contributed by atoms with Crippen molar-refractivity contribution in [2.24, 2.45) is 0 Å². The molecule has 5 rings (SSSR count). The molecule has 202 valence electrons. The Bertz CT molecular complexity index is 1710. The van der Waals surface area contributed by atoms with Crippen LogP contribution in [-0.4, -0.2) is 27.7 Å². The quantitative estimate of drug-likeness (QED) is 0.209. The fraction of sp³-hybridized carbons (Fsp3) is 0.200. The maximum atomic E-state index is 11.7. The number of anilines is 1. The van der Waals surface area contributed by atoms with Crippen molar-refractivity contribution in [3.63, 3.8) is 0 Å². The van der Waals surface area contributed by atoms with E-state index in [0.29, 0.717) is 12.1 Å². The molecule has 1 N–H and O–H groups in total. The summed E-state index contributed by atoms with van der Waals surface area (Å²) in [6, 6.07) is 28.0. The van der Waals surface area contributed by atoms with Crippen LogP contribution in [-0.2, 0) is 13.0 Å². The number of carbonyl (C=O) groups is 1. The first-order valence-electron chi connectivity index (χ1n) is 13.7. The van der Waals surface area contributed by atoms with Gasteiger partial charge in [0.25, 0.3) is 0 Å². The van der Waals surface area contributed by atoms with E-state index in [1.54, 1.807) is 12.1 Å². The van der Waals surface area contributed by atoms with E-state index >= 15 is 0 Å². The molecule has 5 heteroatoms. The standard InChI is InChI=1S/C35H35N3O2/c1-6-11-33-36-34-24(3)20-28(25(4)37(5)31-15-10-7-12-23(31)2)21-32(34)38(33)22-26-16-18-27(19-17-26)29-13-8-9-14-30(29)35(39)40/h7-10,12-21H,4,6,11,22H2,1-3,5H3,(H,39,40). The maximum Gasteiger partial charge on any atom is 0.336 e. The summed E-state index contributed by atoms with van der Waals surface area (Å²) in [5.41, 5.74) is 10.6. The molecule has 0 aliphatic rings. The van der Waals surface area contributed by atoms with Crippen LogP contribution < -0.4 is 4.90 Å². The second-order valence-electron chi connectivity index (χ2n) is 10.4. The number of nitrogens with zero attached hydrogens (tertiary/aromatic N) is 3. The Kier molecular flexibility index (Phi) is 7.56. The van der Waals surface area contributed by atoms with Gasteiger partial charge in [-0.15, -0.1) is 0 Å². The zero-order valence-corrected chi connectivity index (χ0v) is 23.6. The van der Waals surface area contributed by atoms with Crippen molar-refractivity contribution >= 4 is 28.4 Å². The van der Waals surface area contributed by atoms with Crippen LogP contribution in [0, 0.1) is 13.8 Å². The normalized spacial score (nSPS) is 11.1. The predicted molar refractivity (Wildman–Crippen MR) is 165 cm³/mol. The van der Waals surface area contributed by atoms with Gasteiger partial charge in [-0.05, 0) is 77.9 Å².